The molecule has 0 saturated heterocycles. The van der Waals surface area contributed by atoms with Crippen molar-refractivity contribution in [3.05, 3.63) is 53.5 Å². The SMILES string of the molecule is Cc1cc(C(=O)N[C@H](C)c2ccc(OCC(=O)O)cc2)co1. The van der Waals surface area contributed by atoms with Gasteiger partial charge >= 0.3 is 5.97 Å². The van der Waals surface area contributed by atoms with Crippen LogP contribution >= 0.6 is 0 Å². The Balaban J connectivity index is 1.96. The van der Waals surface area contributed by atoms with Gasteiger partial charge in [0.05, 0.1) is 11.6 Å². The molecular weight excluding hydrogens is 286 g/mol. The molecule has 1 aromatic heterocycles. The van der Waals surface area contributed by atoms with Crippen LogP contribution in [0, 0.1) is 6.92 Å². The minimum absolute atomic E-state index is 0.198. The van der Waals surface area contributed by atoms with Gasteiger partial charge in [0.1, 0.15) is 17.8 Å². The molecule has 1 heterocycles. The highest BCUT2D eigenvalue weighted by atomic mass is 16.5. The number of benzene rings is 1. The van der Waals surface area contributed by atoms with E-state index >= 15 is 0 Å². The summed E-state index contributed by atoms with van der Waals surface area (Å²) in [6.07, 6.45) is 1.42. The highest BCUT2D eigenvalue weighted by Gasteiger charge is 2.13. The molecule has 22 heavy (non-hydrogen) atoms. The first-order chi connectivity index (χ1) is 10.5. The average Bonchev–Trinajstić information content (AvgIpc) is 2.92. The van der Waals surface area contributed by atoms with E-state index in [0.717, 1.165) is 5.56 Å². The molecule has 1 amide bonds. The topological polar surface area (TPSA) is 88.8 Å². The maximum atomic E-state index is 12.0. The van der Waals surface area contributed by atoms with Crippen LogP contribution in [-0.2, 0) is 4.79 Å². The van der Waals surface area contributed by atoms with E-state index in [-0.39, 0.29) is 18.6 Å². The number of nitrogens with one attached hydrogen (secondary N) is 1. The van der Waals surface area contributed by atoms with Crippen LogP contribution in [0.25, 0.3) is 0 Å². The number of rotatable bonds is 6. The Bertz CT molecular complexity index is 659. The zero-order valence-electron chi connectivity index (χ0n) is 12.3. The summed E-state index contributed by atoms with van der Waals surface area (Å²) in [4.78, 5) is 22.5. The average molecular weight is 303 g/mol. The van der Waals surface area contributed by atoms with Crippen LogP contribution in [0.4, 0.5) is 0 Å². The number of aliphatic carboxylic acids is 1. The molecule has 0 spiro atoms. The molecule has 0 radical (unpaired) electrons. The van der Waals surface area contributed by atoms with Crippen molar-refractivity contribution in [1.29, 1.82) is 0 Å². The van der Waals surface area contributed by atoms with Crippen LogP contribution < -0.4 is 10.1 Å². The second-order valence-electron chi connectivity index (χ2n) is 4.89. The van der Waals surface area contributed by atoms with Crippen molar-refractivity contribution in [3.8, 4) is 5.75 Å². The zero-order valence-corrected chi connectivity index (χ0v) is 12.3. The first-order valence-electron chi connectivity index (χ1n) is 6.76. The third-order valence-corrected chi connectivity index (χ3v) is 3.08. The number of hydrogen-bond donors (Lipinski definition) is 2. The molecule has 0 aliphatic carbocycles. The van der Waals surface area contributed by atoms with Crippen molar-refractivity contribution < 1.29 is 23.8 Å². The molecular formula is C16H17NO5. The van der Waals surface area contributed by atoms with Crippen molar-refractivity contribution in [2.75, 3.05) is 6.61 Å². The number of hydrogen-bond acceptors (Lipinski definition) is 4. The van der Waals surface area contributed by atoms with E-state index in [1.165, 1.54) is 6.26 Å². The smallest absolute Gasteiger partial charge is 0.341 e. The molecule has 2 N–H and O–H groups in total. The first kappa shape index (κ1) is 15.6. The van der Waals surface area contributed by atoms with Gasteiger partial charge in [0, 0.05) is 0 Å². The Morgan fingerprint density at radius 3 is 2.55 bits per heavy atom. The lowest BCUT2D eigenvalue weighted by Crippen LogP contribution is -2.26. The number of aryl methyl sites for hydroxylation is 1. The van der Waals surface area contributed by atoms with Crippen LogP contribution in [0.2, 0.25) is 0 Å². The summed E-state index contributed by atoms with van der Waals surface area (Å²) in [5, 5.41) is 11.4. The molecule has 0 aliphatic heterocycles. The number of carbonyl (C=O) groups is 2. The van der Waals surface area contributed by atoms with Crippen molar-refractivity contribution in [2.45, 2.75) is 19.9 Å². The normalized spacial score (nSPS) is 11.7. The van der Waals surface area contributed by atoms with Crippen LogP contribution in [0.3, 0.4) is 0 Å². The molecule has 2 aromatic rings. The van der Waals surface area contributed by atoms with Gasteiger partial charge in [-0.25, -0.2) is 4.79 Å². The van der Waals surface area contributed by atoms with Gasteiger partial charge in [0.15, 0.2) is 6.61 Å². The van der Waals surface area contributed by atoms with Crippen LogP contribution in [0.1, 0.15) is 34.6 Å². The molecule has 0 aliphatic rings. The fourth-order valence-corrected chi connectivity index (χ4v) is 1.92. The van der Waals surface area contributed by atoms with Gasteiger partial charge in [-0.05, 0) is 37.6 Å². The molecule has 1 aromatic carbocycles. The number of ether oxygens (including phenoxy) is 1. The predicted molar refractivity (Wildman–Crippen MR) is 78.9 cm³/mol. The fourth-order valence-electron chi connectivity index (χ4n) is 1.92. The number of carbonyl (C=O) groups excluding carboxylic acids is 1. The Hall–Kier alpha value is -2.76. The first-order valence-corrected chi connectivity index (χ1v) is 6.76. The summed E-state index contributed by atoms with van der Waals surface area (Å²) in [5.41, 5.74) is 1.36. The van der Waals surface area contributed by atoms with E-state index in [2.05, 4.69) is 5.32 Å². The van der Waals surface area contributed by atoms with E-state index in [1.54, 1.807) is 37.3 Å². The predicted octanol–water partition coefficient (Wildman–Crippen LogP) is 2.54. The minimum Gasteiger partial charge on any atom is -0.482 e. The van der Waals surface area contributed by atoms with Crippen molar-refractivity contribution in [2.24, 2.45) is 0 Å². The number of amides is 1. The Labute approximate surface area is 127 Å². The minimum atomic E-state index is -1.03. The maximum Gasteiger partial charge on any atom is 0.341 e. The monoisotopic (exact) mass is 303 g/mol. The summed E-state index contributed by atoms with van der Waals surface area (Å²) in [5.74, 6) is -0.0939. The third-order valence-electron chi connectivity index (χ3n) is 3.08. The van der Waals surface area contributed by atoms with Crippen LogP contribution in [0.15, 0.2) is 41.0 Å². The third kappa shape index (κ3) is 4.12. The van der Waals surface area contributed by atoms with Gasteiger partial charge in [-0.1, -0.05) is 12.1 Å². The van der Waals surface area contributed by atoms with Crippen LogP contribution in [0.5, 0.6) is 5.75 Å². The molecule has 2 rings (SSSR count). The molecule has 0 unspecified atom stereocenters. The van der Waals surface area contributed by atoms with Crippen LogP contribution in [-0.4, -0.2) is 23.6 Å². The second kappa shape index (κ2) is 6.80. The zero-order chi connectivity index (χ0) is 16.1. The Morgan fingerprint density at radius 1 is 1.32 bits per heavy atom. The lowest BCUT2D eigenvalue weighted by molar-refractivity contribution is -0.139. The van der Waals surface area contributed by atoms with Crippen molar-refractivity contribution in [3.63, 3.8) is 0 Å². The molecule has 0 fully saturated rings. The van der Waals surface area contributed by atoms with Crippen molar-refractivity contribution >= 4 is 11.9 Å². The molecule has 1 atom stereocenters. The lowest BCUT2D eigenvalue weighted by Gasteiger charge is -2.14. The van der Waals surface area contributed by atoms with Gasteiger partial charge in [-0.2, -0.15) is 0 Å². The number of carboxylic acids is 1. The Kier molecular flexibility index (Phi) is 4.83. The largest absolute Gasteiger partial charge is 0.482 e. The summed E-state index contributed by atoms with van der Waals surface area (Å²) in [6.45, 7) is 3.25. The molecule has 0 saturated carbocycles. The highest BCUT2D eigenvalue weighted by Crippen LogP contribution is 2.18. The molecule has 6 heteroatoms. The van der Waals surface area contributed by atoms with E-state index in [1.807, 2.05) is 6.92 Å². The quantitative estimate of drug-likeness (QED) is 0.856. The second-order valence-corrected chi connectivity index (χ2v) is 4.89. The summed E-state index contributed by atoms with van der Waals surface area (Å²) in [6, 6.07) is 8.37. The van der Waals surface area contributed by atoms with Gasteiger partial charge in [0.2, 0.25) is 0 Å². The standard InChI is InChI=1S/C16H17NO5/c1-10-7-13(8-21-10)16(20)17-11(2)12-3-5-14(6-4-12)22-9-15(18)19/h3-8,11H,9H2,1-2H3,(H,17,20)(H,18,19)/t11-/m1/s1. The highest BCUT2D eigenvalue weighted by molar-refractivity contribution is 5.94. The lowest BCUT2D eigenvalue weighted by atomic mass is 10.1. The van der Waals surface area contributed by atoms with E-state index in [9.17, 15) is 9.59 Å². The molecule has 0 bridgehead atoms. The maximum absolute atomic E-state index is 12.0. The Morgan fingerprint density at radius 2 is 2.00 bits per heavy atom. The summed E-state index contributed by atoms with van der Waals surface area (Å²) < 4.78 is 10.2. The van der Waals surface area contributed by atoms with E-state index in [0.29, 0.717) is 17.1 Å². The fraction of sp³-hybridized carbons (Fsp3) is 0.250. The van der Waals surface area contributed by atoms with Gasteiger partial charge in [0.25, 0.3) is 5.91 Å². The van der Waals surface area contributed by atoms with Crippen molar-refractivity contribution in [1.82, 2.24) is 5.32 Å². The van der Waals surface area contributed by atoms with E-state index in [4.69, 9.17) is 14.3 Å². The number of carboxylic acid groups (broad SMARTS) is 1. The van der Waals surface area contributed by atoms with E-state index < -0.39 is 5.97 Å². The summed E-state index contributed by atoms with van der Waals surface area (Å²) >= 11 is 0. The van der Waals surface area contributed by atoms with Gasteiger partial charge in [-0.3, -0.25) is 4.79 Å². The van der Waals surface area contributed by atoms with Gasteiger partial charge in [-0.15, -0.1) is 0 Å². The molecule has 6 nitrogen and oxygen atoms in total. The van der Waals surface area contributed by atoms with Gasteiger partial charge < -0.3 is 19.6 Å². The number of furan rings is 1. The molecule has 116 valence electrons. The summed E-state index contributed by atoms with van der Waals surface area (Å²) in [7, 11) is 0.